The van der Waals surface area contributed by atoms with Crippen LogP contribution in [0.3, 0.4) is 0 Å². The summed E-state index contributed by atoms with van der Waals surface area (Å²) in [4.78, 5) is 24.7. The number of nitro groups is 1. The molecule has 2 rings (SSSR count). The van der Waals surface area contributed by atoms with Gasteiger partial charge in [-0.05, 0) is 10.0 Å². The second-order valence-electron chi connectivity index (χ2n) is 4.30. The molecule has 2 aromatic rings. The van der Waals surface area contributed by atoms with Crippen LogP contribution in [0.15, 0.2) is 18.3 Å². The molecule has 0 aliphatic heterocycles. The van der Waals surface area contributed by atoms with Crippen molar-refractivity contribution >= 4 is 17.4 Å². The number of ether oxygens (including phenoxy) is 1. The molecule has 0 saturated heterocycles. The van der Waals surface area contributed by atoms with E-state index < -0.39 is 29.1 Å². The van der Waals surface area contributed by atoms with E-state index in [0.717, 1.165) is 10.7 Å². The van der Waals surface area contributed by atoms with Gasteiger partial charge in [-0.3, -0.25) is 4.79 Å². The highest BCUT2D eigenvalue weighted by atomic mass is 19.4. The predicted octanol–water partition coefficient (Wildman–Crippen LogP) is 1.43. The number of nitrogens with zero attached hydrogens (tertiary/aromatic N) is 4. The van der Waals surface area contributed by atoms with Crippen molar-refractivity contribution in [1.29, 1.82) is 0 Å². The smallest absolute Gasteiger partial charge is 0.451 e. The molecule has 12 heteroatoms. The summed E-state index contributed by atoms with van der Waals surface area (Å²) in [5.74, 6) is -2.79. The molecule has 9 nitrogen and oxygen atoms in total. The van der Waals surface area contributed by atoms with E-state index in [-0.39, 0.29) is 17.9 Å². The monoisotopic (exact) mass is 333 g/mol. The molecular formula is C11H10F3N5O4. The van der Waals surface area contributed by atoms with Crippen molar-refractivity contribution in [2.24, 2.45) is 0 Å². The van der Waals surface area contributed by atoms with Crippen LogP contribution in [0.25, 0.3) is 5.65 Å². The lowest BCUT2D eigenvalue weighted by molar-refractivity contribution is -0.391. The van der Waals surface area contributed by atoms with Crippen molar-refractivity contribution in [2.75, 3.05) is 0 Å². The Kier molecular flexibility index (Phi) is 4.33. The number of carbonyl (C=O) groups excluding carboxylic acids is 1. The number of hydrogen-bond acceptors (Lipinski definition) is 6. The maximum Gasteiger partial charge on any atom is 0.471 e. The van der Waals surface area contributed by atoms with Crippen LogP contribution in [0.5, 0.6) is 5.88 Å². The normalized spacial score (nSPS) is 12.9. The molecule has 1 atom stereocenters. The van der Waals surface area contributed by atoms with Crippen LogP contribution >= 0.6 is 0 Å². The molecule has 2 aromatic heterocycles. The van der Waals surface area contributed by atoms with E-state index in [4.69, 9.17) is 4.74 Å². The second kappa shape index (κ2) is 6.06. The zero-order valence-corrected chi connectivity index (χ0v) is 11.6. The van der Waals surface area contributed by atoms with Gasteiger partial charge in [-0.15, -0.1) is 0 Å². The van der Waals surface area contributed by atoms with Crippen molar-refractivity contribution in [3.63, 3.8) is 0 Å². The van der Waals surface area contributed by atoms with Crippen LogP contribution in [0.4, 0.5) is 19.0 Å². The van der Waals surface area contributed by atoms with Gasteiger partial charge in [-0.2, -0.15) is 13.2 Å². The second-order valence-corrected chi connectivity index (χ2v) is 4.30. The van der Waals surface area contributed by atoms with Crippen molar-refractivity contribution in [3.05, 3.63) is 28.4 Å². The van der Waals surface area contributed by atoms with Crippen LogP contribution < -0.4 is 10.1 Å². The summed E-state index contributed by atoms with van der Waals surface area (Å²) < 4.78 is 42.7. The SMILES string of the molecule is CC[C@H](NC(=O)C(F)(F)F)Oc1ccc2ncc([N+](=O)[O-])n2n1. The highest BCUT2D eigenvalue weighted by Gasteiger charge is 2.40. The third kappa shape index (κ3) is 3.64. The zero-order chi connectivity index (χ0) is 17.2. The highest BCUT2D eigenvalue weighted by Crippen LogP contribution is 2.18. The average molecular weight is 333 g/mol. The minimum Gasteiger partial charge on any atom is -0.451 e. The van der Waals surface area contributed by atoms with Gasteiger partial charge in [0.05, 0.1) is 0 Å². The fourth-order valence-electron chi connectivity index (χ4n) is 1.62. The third-order valence-electron chi connectivity index (χ3n) is 2.69. The molecule has 0 unspecified atom stereocenters. The van der Waals surface area contributed by atoms with Crippen LogP contribution in [-0.2, 0) is 4.79 Å². The van der Waals surface area contributed by atoms with Gasteiger partial charge in [0.2, 0.25) is 5.65 Å². The minimum atomic E-state index is -5.04. The molecule has 0 aromatic carbocycles. The van der Waals surface area contributed by atoms with Crippen molar-refractivity contribution in [2.45, 2.75) is 25.7 Å². The zero-order valence-electron chi connectivity index (χ0n) is 11.6. The van der Waals surface area contributed by atoms with E-state index >= 15 is 0 Å². The number of rotatable bonds is 5. The lowest BCUT2D eigenvalue weighted by Gasteiger charge is -2.18. The van der Waals surface area contributed by atoms with Gasteiger partial charge in [0.15, 0.2) is 6.23 Å². The Morgan fingerprint density at radius 2 is 2.22 bits per heavy atom. The fraction of sp³-hybridized carbons (Fsp3) is 0.364. The highest BCUT2D eigenvalue weighted by molar-refractivity contribution is 5.81. The van der Waals surface area contributed by atoms with E-state index in [1.165, 1.54) is 19.1 Å². The largest absolute Gasteiger partial charge is 0.471 e. The lowest BCUT2D eigenvalue weighted by atomic mass is 10.4. The van der Waals surface area contributed by atoms with Gasteiger partial charge in [0.25, 0.3) is 5.88 Å². The minimum absolute atomic E-state index is 0.0214. The van der Waals surface area contributed by atoms with Crippen molar-refractivity contribution < 1.29 is 27.6 Å². The van der Waals surface area contributed by atoms with Gasteiger partial charge in [-0.25, -0.2) is 4.98 Å². The summed E-state index contributed by atoms with van der Waals surface area (Å²) in [5, 5.41) is 16.2. The van der Waals surface area contributed by atoms with Crippen LogP contribution in [0.2, 0.25) is 0 Å². The van der Waals surface area contributed by atoms with Gasteiger partial charge in [0, 0.05) is 18.6 Å². The van der Waals surface area contributed by atoms with Gasteiger partial charge in [0.1, 0.15) is 6.20 Å². The number of alkyl halides is 3. The Bertz CT molecular complexity index is 745. The Morgan fingerprint density at radius 3 is 2.78 bits per heavy atom. The molecule has 0 aliphatic rings. The van der Waals surface area contributed by atoms with E-state index in [2.05, 4.69) is 10.1 Å². The Morgan fingerprint density at radius 1 is 1.52 bits per heavy atom. The molecule has 0 aliphatic carbocycles. The first-order chi connectivity index (χ1) is 10.7. The molecule has 23 heavy (non-hydrogen) atoms. The molecule has 0 bridgehead atoms. The summed E-state index contributed by atoms with van der Waals surface area (Å²) in [5.41, 5.74) is 0.163. The van der Waals surface area contributed by atoms with E-state index in [1.54, 1.807) is 5.32 Å². The average Bonchev–Trinajstić information content (AvgIpc) is 2.88. The number of halogens is 3. The fourth-order valence-corrected chi connectivity index (χ4v) is 1.62. The summed E-state index contributed by atoms with van der Waals surface area (Å²) in [6.45, 7) is 1.49. The number of fused-ring (bicyclic) bond motifs is 1. The Hall–Kier alpha value is -2.92. The lowest BCUT2D eigenvalue weighted by Crippen LogP contribution is -2.45. The molecule has 2 heterocycles. The van der Waals surface area contributed by atoms with Gasteiger partial charge >= 0.3 is 17.9 Å². The van der Waals surface area contributed by atoms with Crippen LogP contribution in [0, 0.1) is 10.1 Å². The number of imidazole rings is 1. The summed E-state index contributed by atoms with van der Waals surface area (Å²) in [7, 11) is 0. The van der Waals surface area contributed by atoms with Crippen molar-refractivity contribution in [1.82, 2.24) is 19.9 Å². The summed E-state index contributed by atoms with van der Waals surface area (Å²) >= 11 is 0. The van der Waals surface area contributed by atoms with E-state index in [1.807, 2.05) is 0 Å². The molecule has 0 spiro atoms. The first-order valence-electron chi connectivity index (χ1n) is 6.26. The van der Waals surface area contributed by atoms with Gasteiger partial charge < -0.3 is 20.2 Å². The summed E-state index contributed by atoms with van der Waals surface area (Å²) in [6.07, 6.45) is -5.34. The number of hydrogen-bond donors (Lipinski definition) is 1. The number of aromatic nitrogens is 3. The first kappa shape index (κ1) is 16.5. The van der Waals surface area contributed by atoms with Crippen LogP contribution in [0.1, 0.15) is 13.3 Å². The summed E-state index contributed by atoms with van der Waals surface area (Å²) in [6, 6.07) is 2.61. The Labute approximate surface area is 126 Å². The van der Waals surface area contributed by atoms with Crippen molar-refractivity contribution in [3.8, 4) is 5.88 Å². The predicted molar refractivity (Wildman–Crippen MR) is 68.5 cm³/mol. The topological polar surface area (TPSA) is 112 Å². The van der Waals surface area contributed by atoms with E-state index in [9.17, 15) is 28.1 Å². The molecule has 1 amide bonds. The van der Waals surface area contributed by atoms with E-state index in [0.29, 0.717) is 0 Å². The number of carbonyl (C=O) groups is 1. The molecular weight excluding hydrogens is 323 g/mol. The van der Waals surface area contributed by atoms with Crippen LogP contribution in [-0.4, -0.2) is 37.8 Å². The molecule has 124 valence electrons. The number of amides is 1. The first-order valence-corrected chi connectivity index (χ1v) is 6.26. The van der Waals surface area contributed by atoms with Gasteiger partial charge in [-0.1, -0.05) is 11.4 Å². The maximum absolute atomic E-state index is 12.2. The Balaban J connectivity index is 2.21. The molecule has 0 saturated carbocycles. The quantitative estimate of drug-likeness (QED) is 0.503. The standard InChI is InChI=1S/C11H10F3N5O4/c1-2-7(16-10(20)11(12,13)14)23-8-4-3-6-15-5-9(19(21)22)18(6)17-8/h3-5,7H,2H2,1H3,(H,16,20)/t7-/m1/s1. The molecule has 1 N–H and O–H groups in total. The maximum atomic E-state index is 12.2. The third-order valence-corrected chi connectivity index (χ3v) is 2.69. The molecule has 0 radical (unpaired) electrons. The molecule has 0 fully saturated rings. The number of nitrogens with one attached hydrogen (secondary N) is 1.